The van der Waals surface area contributed by atoms with Crippen molar-refractivity contribution < 1.29 is 36.2 Å². The molecule has 0 aliphatic carbocycles. The SMILES string of the molecule is CCC1(C)OB(/C(=C(/CC(F)(F)F)B2OC(C)(C)C(C)(C)O2)c2ccc3c(c2)c(F)nn3PI)OC1(C)C. The zero-order valence-corrected chi connectivity index (χ0v) is 25.9. The number of allylic oxidation sites excluding steroid dienone is 1. The van der Waals surface area contributed by atoms with Gasteiger partial charge in [0.05, 0.1) is 46.1 Å². The highest BCUT2D eigenvalue weighted by molar-refractivity contribution is 14.2. The van der Waals surface area contributed by atoms with E-state index < -0.39 is 55.2 Å². The highest BCUT2D eigenvalue weighted by Gasteiger charge is 2.58. The molecule has 14 heteroatoms. The Bertz CT molecular complexity index is 1250. The Kier molecular flexibility index (Phi) is 7.94. The monoisotopic (exact) mass is 668 g/mol. The van der Waals surface area contributed by atoms with E-state index in [0.29, 0.717) is 17.5 Å². The lowest BCUT2D eigenvalue weighted by Gasteiger charge is -2.35. The molecule has 4 rings (SSSR count). The van der Waals surface area contributed by atoms with Gasteiger partial charge in [0.1, 0.15) is 0 Å². The van der Waals surface area contributed by atoms with Gasteiger partial charge in [-0.3, -0.25) is 0 Å². The fraction of sp³-hybridized carbons (Fsp3) is 0.625. The highest BCUT2D eigenvalue weighted by Crippen LogP contribution is 2.48. The topological polar surface area (TPSA) is 54.7 Å². The molecule has 2 fully saturated rings. The van der Waals surface area contributed by atoms with Gasteiger partial charge in [0.25, 0.3) is 0 Å². The van der Waals surface area contributed by atoms with Crippen molar-refractivity contribution in [1.29, 1.82) is 0 Å². The Morgan fingerprint density at radius 2 is 1.55 bits per heavy atom. The second-order valence-corrected chi connectivity index (χ2v) is 13.5. The summed E-state index contributed by atoms with van der Waals surface area (Å²) in [5, 5.41) is 4.13. The third-order valence-electron chi connectivity index (χ3n) is 8.25. The second kappa shape index (κ2) is 9.98. The predicted molar refractivity (Wildman–Crippen MR) is 152 cm³/mol. The predicted octanol–water partition coefficient (Wildman–Crippen LogP) is 7.33. The summed E-state index contributed by atoms with van der Waals surface area (Å²) in [6.07, 6.45) is -5.20. The molecule has 0 amide bonds. The third kappa shape index (κ3) is 5.32. The lowest BCUT2D eigenvalue weighted by Crippen LogP contribution is -2.44. The Labute approximate surface area is 236 Å². The molecule has 3 heterocycles. The number of benzene rings is 1. The molecule has 6 nitrogen and oxygen atoms in total. The normalized spacial score (nSPS) is 25.7. The first-order valence-corrected chi connectivity index (χ1v) is 16.5. The summed E-state index contributed by atoms with van der Waals surface area (Å²) in [6.45, 7) is 14.6. The standard InChI is InChI=1S/C24H32B2F4IN2O4P/c1-9-23(8)22(6,7)36-26(37-23)18(14-10-11-17-15(12-14)19(27)32-33(17)38-31)16(13-24(28,29)30)25-34-20(2,3)21(4,5)35-25/h10-12,38H,9,13H2,1-8H3/b18-16-. The molecule has 38 heavy (non-hydrogen) atoms. The van der Waals surface area contributed by atoms with Gasteiger partial charge in [0.15, 0.2) is 0 Å². The van der Waals surface area contributed by atoms with Gasteiger partial charge in [0.2, 0.25) is 5.95 Å². The Morgan fingerprint density at radius 1 is 0.974 bits per heavy atom. The highest BCUT2D eigenvalue weighted by atomic mass is 127. The van der Waals surface area contributed by atoms with Gasteiger partial charge >= 0.3 is 20.4 Å². The minimum atomic E-state index is -4.59. The maximum Gasteiger partial charge on any atom is 0.494 e. The first-order chi connectivity index (χ1) is 17.3. The summed E-state index contributed by atoms with van der Waals surface area (Å²) < 4.78 is 83.7. The number of aromatic nitrogens is 2. The van der Waals surface area contributed by atoms with Crippen LogP contribution in [-0.4, -0.2) is 52.4 Å². The summed E-state index contributed by atoms with van der Waals surface area (Å²) in [6, 6.07) is 4.80. The van der Waals surface area contributed by atoms with Crippen molar-refractivity contribution in [2.45, 2.75) is 96.8 Å². The average molecular weight is 668 g/mol. The van der Waals surface area contributed by atoms with Gasteiger partial charge < -0.3 is 18.6 Å². The molecule has 2 unspecified atom stereocenters. The lowest BCUT2D eigenvalue weighted by atomic mass is 9.61. The van der Waals surface area contributed by atoms with Crippen LogP contribution in [0.5, 0.6) is 0 Å². The molecule has 1 aromatic heterocycles. The Morgan fingerprint density at radius 3 is 2.05 bits per heavy atom. The number of nitrogens with zero attached hydrogens (tertiary/aromatic N) is 2. The van der Waals surface area contributed by atoms with Crippen molar-refractivity contribution in [3.05, 3.63) is 35.2 Å². The second-order valence-electron chi connectivity index (χ2n) is 11.5. The van der Waals surface area contributed by atoms with Gasteiger partial charge in [0, 0.05) is 0 Å². The zero-order valence-electron chi connectivity index (χ0n) is 22.7. The van der Waals surface area contributed by atoms with Crippen molar-refractivity contribution in [3.63, 3.8) is 0 Å². The zero-order chi connectivity index (χ0) is 28.5. The van der Waals surface area contributed by atoms with Crippen LogP contribution in [0.3, 0.4) is 0 Å². The van der Waals surface area contributed by atoms with Gasteiger partial charge in [-0.15, -0.1) is 5.10 Å². The van der Waals surface area contributed by atoms with Crippen LogP contribution in [0.1, 0.15) is 73.8 Å². The van der Waals surface area contributed by atoms with Crippen molar-refractivity contribution in [1.82, 2.24) is 9.55 Å². The van der Waals surface area contributed by atoms with Crippen LogP contribution < -0.4 is 0 Å². The number of rotatable bonds is 6. The summed E-state index contributed by atoms with van der Waals surface area (Å²) in [4.78, 5) is 0. The van der Waals surface area contributed by atoms with Gasteiger partial charge in [-0.2, -0.15) is 17.6 Å². The van der Waals surface area contributed by atoms with E-state index in [1.807, 2.05) is 27.7 Å². The fourth-order valence-corrected chi connectivity index (χ4v) is 6.23. The molecule has 2 saturated heterocycles. The molecule has 0 saturated carbocycles. The summed E-state index contributed by atoms with van der Waals surface area (Å²) in [5.74, 6) is -0.703. The molecule has 1 aromatic carbocycles. The first kappa shape index (κ1) is 30.2. The van der Waals surface area contributed by atoms with E-state index >= 15 is 0 Å². The van der Waals surface area contributed by atoms with E-state index in [1.165, 1.54) is 10.5 Å². The third-order valence-corrected chi connectivity index (χ3v) is 10.1. The molecule has 0 bridgehead atoms. The van der Waals surface area contributed by atoms with E-state index in [-0.39, 0.29) is 22.7 Å². The van der Waals surface area contributed by atoms with Crippen LogP contribution in [0.15, 0.2) is 23.7 Å². The molecule has 2 atom stereocenters. The van der Waals surface area contributed by atoms with Gasteiger partial charge in [-0.05, 0) is 106 Å². The summed E-state index contributed by atoms with van der Waals surface area (Å²) in [7, 11) is -2.49. The molecule has 208 valence electrons. The first-order valence-electron chi connectivity index (χ1n) is 12.4. The number of hydrogen-bond donors (Lipinski definition) is 0. The number of halogens is 5. The van der Waals surface area contributed by atoms with E-state index in [4.69, 9.17) is 18.6 Å². The smallest absolute Gasteiger partial charge is 0.400 e. The van der Waals surface area contributed by atoms with Crippen LogP contribution in [0, 0.1) is 5.95 Å². The van der Waals surface area contributed by atoms with Gasteiger partial charge in [-0.25, -0.2) is 4.45 Å². The van der Waals surface area contributed by atoms with E-state index in [1.54, 1.807) is 39.8 Å². The molecule has 2 aromatic rings. The summed E-state index contributed by atoms with van der Waals surface area (Å²) >= 11 is 2.09. The van der Waals surface area contributed by atoms with E-state index in [9.17, 15) is 17.6 Å². The fourth-order valence-electron chi connectivity index (χ4n) is 4.71. The molecule has 0 radical (unpaired) electrons. The van der Waals surface area contributed by atoms with E-state index in [2.05, 4.69) is 27.1 Å². The van der Waals surface area contributed by atoms with Crippen molar-refractivity contribution in [2.75, 3.05) is 0 Å². The number of hydrogen-bond acceptors (Lipinski definition) is 5. The quantitative estimate of drug-likeness (QED) is 0.140. The molecule has 2 aliphatic heterocycles. The van der Waals surface area contributed by atoms with Crippen molar-refractivity contribution >= 4 is 59.0 Å². The Hall–Kier alpha value is -0.720. The van der Waals surface area contributed by atoms with Crippen molar-refractivity contribution in [3.8, 4) is 0 Å². The summed E-state index contributed by atoms with van der Waals surface area (Å²) in [5.41, 5.74) is -2.55. The maximum atomic E-state index is 14.9. The molecule has 0 spiro atoms. The molecule has 2 aliphatic rings. The van der Waals surface area contributed by atoms with Crippen LogP contribution in [0.25, 0.3) is 16.4 Å². The molecular formula is C24H32B2F4IN2O4P. The number of alkyl halides is 3. The minimum absolute atomic E-state index is 0.122. The largest absolute Gasteiger partial charge is 0.494 e. The molecule has 0 N–H and O–H groups in total. The van der Waals surface area contributed by atoms with Crippen LogP contribution in [-0.2, 0) is 18.6 Å². The van der Waals surface area contributed by atoms with Crippen LogP contribution in [0.2, 0.25) is 0 Å². The van der Waals surface area contributed by atoms with Gasteiger partial charge in [-0.1, -0.05) is 13.0 Å². The average Bonchev–Trinajstić information content (AvgIpc) is 3.32. The van der Waals surface area contributed by atoms with E-state index in [0.717, 1.165) is 0 Å². The number of fused-ring (bicyclic) bond motifs is 1. The van der Waals surface area contributed by atoms with Crippen LogP contribution in [0.4, 0.5) is 17.6 Å². The lowest BCUT2D eigenvalue weighted by molar-refractivity contribution is -0.126. The Balaban J connectivity index is 1.99. The van der Waals surface area contributed by atoms with Crippen LogP contribution >= 0.6 is 28.4 Å². The maximum absolute atomic E-state index is 14.9. The molecular weight excluding hydrogens is 636 g/mol. The van der Waals surface area contributed by atoms with Crippen molar-refractivity contribution in [2.24, 2.45) is 0 Å². The minimum Gasteiger partial charge on any atom is -0.400 e.